The number of carboxylic acid groups (broad SMARTS) is 1. The molecule has 0 amide bonds. The van der Waals surface area contributed by atoms with Crippen LogP contribution in [-0.4, -0.2) is 16.2 Å². The van der Waals surface area contributed by atoms with Crippen molar-refractivity contribution < 1.29 is 15.0 Å². The normalized spacial score (nSPS) is 19.2. The zero-order chi connectivity index (χ0) is 15.5. The van der Waals surface area contributed by atoms with E-state index in [9.17, 15) is 15.0 Å². The highest BCUT2D eigenvalue weighted by molar-refractivity contribution is 9.11. The molecule has 1 aromatic rings. The van der Waals surface area contributed by atoms with E-state index >= 15 is 0 Å². The third-order valence-electron chi connectivity index (χ3n) is 4.38. The molecule has 0 aliphatic heterocycles. The van der Waals surface area contributed by atoms with E-state index < -0.39 is 12.1 Å². The summed E-state index contributed by atoms with van der Waals surface area (Å²) in [6.45, 7) is 0. The van der Waals surface area contributed by atoms with Gasteiger partial charge in [0.05, 0.1) is 12.5 Å². The van der Waals surface area contributed by atoms with Gasteiger partial charge in [-0.25, -0.2) is 0 Å². The molecule has 0 heterocycles. The van der Waals surface area contributed by atoms with Gasteiger partial charge in [0, 0.05) is 8.95 Å². The van der Waals surface area contributed by atoms with Crippen molar-refractivity contribution in [2.45, 2.75) is 51.0 Å². The van der Waals surface area contributed by atoms with Crippen molar-refractivity contribution >= 4 is 37.8 Å². The summed E-state index contributed by atoms with van der Waals surface area (Å²) in [6, 6.07) is 5.70. The molecule has 0 bridgehead atoms. The van der Waals surface area contributed by atoms with E-state index in [1.807, 2.05) is 18.2 Å². The second-order valence-electron chi connectivity index (χ2n) is 6.02. The Labute approximate surface area is 142 Å². The lowest BCUT2D eigenvalue weighted by Crippen LogP contribution is -2.29. The molecule has 21 heavy (non-hydrogen) atoms. The van der Waals surface area contributed by atoms with Gasteiger partial charge in [-0.3, -0.25) is 4.79 Å². The zero-order valence-electron chi connectivity index (χ0n) is 11.8. The molecule has 116 valence electrons. The number of aliphatic hydroxyl groups is 1. The van der Waals surface area contributed by atoms with E-state index in [2.05, 4.69) is 31.9 Å². The highest BCUT2D eigenvalue weighted by Crippen LogP contribution is 2.46. The molecule has 1 aromatic carbocycles. The number of benzene rings is 1. The summed E-state index contributed by atoms with van der Waals surface area (Å²) in [5, 5.41) is 19.8. The topological polar surface area (TPSA) is 57.5 Å². The molecule has 0 radical (unpaired) electrons. The molecule has 0 saturated heterocycles. The summed E-state index contributed by atoms with van der Waals surface area (Å²) in [7, 11) is 0. The van der Waals surface area contributed by atoms with Crippen LogP contribution in [0, 0.1) is 5.41 Å². The minimum atomic E-state index is -0.766. The first kappa shape index (κ1) is 17.0. The Hall–Kier alpha value is -0.390. The van der Waals surface area contributed by atoms with Crippen LogP contribution in [0.3, 0.4) is 0 Å². The van der Waals surface area contributed by atoms with Crippen LogP contribution in [0.4, 0.5) is 0 Å². The monoisotopic (exact) mass is 418 g/mol. The number of hydrogen-bond acceptors (Lipinski definition) is 2. The standard InChI is InChI=1S/C16H20Br2O3/c17-11-4-5-13(18)12(8-11)14(19)9-16(10-15(20)21)6-2-1-3-7-16/h4-5,8,14,19H,1-3,6-7,9-10H2,(H,20,21). The van der Waals surface area contributed by atoms with Gasteiger partial charge in [0.1, 0.15) is 0 Å². The van der Waals surface area contributed by atoms with Crippen LogP contribution in [-0.2, 0) is 4.79 Å². The molecule has 1 saturated carbocycles. The molecular weight excluding hydrogens is 400 g/mol. The van der Waals surface area contributed by atoms with Crippen molar-refractivity contribution in [2.24, 2.45) is 5.41 Å². The maximum absolute atomic E-state index is 11.2. The first-order valence-corrected chi connectivity index (χ1v) is 8.85. The van der Waals surface area contributed by atoms with Gasteiger partial charge < -0.3 is 10.2 Å². The van der Waals surface area contributed by atoms with Gasteiger partial charge in [-0.2, -0.15) is 0 Å². The largest absolute Gasteiger partial charge is 0.481 e. The molecule has 0 aromatic heterocycles. The summed E-state index contributed by atoms with van der Waals surface area (Å²) in [5.74, 6) is -0.766. The molecule has 1 aliphatic carbocycles. The van der Waals surface area contributed by atoms with Crippen molar-refractivity contribution in [1.29, 1.82) is 0 Å². The fourth-order valence-electron chi connectivity index (χ4n) is 3.37. The molecule has 5 heteroatoms. The number of carboxylic acids is 1. The summed E-state index contributed by atoms with van der Waals surface area (Å²) < 4.78 is 1.77. The van der Waals surface area contributed by atoms with E-state index in [4.69, 9.17) is 0 Å². The summed E-state index contributed by atoms with van der Waals surface area (Å²) >= 11 is 6.88. The van der Waals surface area contributed by atoms with Gasteiger partial charge in [0.2, 0.25) is 0 Å². The smallest absolute Gasteiger partial charge is 0.303 e. The van der Waals surface area contributed by atoms with Gasteiger partial charge in [-0.15, -0.1) is 0 Å². The summed E-state index contributed by atoms with van der Waals surface area (Å²) in [5.41, 5.74) is 0.547. The molecule has 1 unspecified atom stereocenters. The van der Waals surface area contributed by atoms with Crippen LogP contribution < -0.4 is 0 Å². The zero-order valence-corrected chi connectivity index (χ0v) is 15.0. The third-order valence-corrected chi connectivity index (χ3v) is 5.60. The first-order valence-electron chi connectivity index (χ1n) is 7.27. The Kier molecular flexibility index (Phi) is 5.86. The van der Waals surface area contributed by atoms with E-state index in [-0.39, 0.29) is 11.8 Å². The fraction of sp³-hybridized carbons (Fsp3) is 0.562. The average Bonchev–Trinajstić information content (AvgIpc) is 2.41. The molecule has 1 aliphatic rings. The minimum Gasteiger partial charge on any atom is -0.481 e. The van der Waals surface area contributed by atoms with Crippen LogP contribution in [0.5, 0.6) is 0 Å². The van der Waals surface area contributed by atoms with Crippen molar-refractivity contribution in [3.8, 4) is 0 Å². The van der Waals surface area contributed by atoms with Gasteiger partial charge in [0.25, 0.3) is 0 Å². The van der Waals surface area contributed by atoms with Gasteiger partial charge >= 0.3 is 5.97 Å². The Balaban J connectivity index is 2.19. The number of hydrogen-bond donors (Lipinski definition) is 2. The number of carbonyl (C=O) groups is 1. The molecular formula is C16H20Br2O3. The highest BCUT2D eigenvalue weighted by atomic mass is 79.9. The summed E-state index contributed by atoms with van der Waals surface area (Å²) in [4.78, 5) is 11.2. The van der Waals surface area contributed by atoms with Gasteiger partial charge in [-0.1, -0.05) is 51.1 Å². The molecule has 0 spiro atoms. The lowest BCUT2D eigenvalue weighted by molar-refractivity contribution is -0.141. The third kappa shape index (κ3) is 4.54. The Bertz CT molecular complexity index is 510. The predicted molar refractivity (Wildman–Crippen MR) is 89.2 cm³/mol. The molecule has 3 nitrogen and oxygen atoms in total. The second kappa shape index (κ2) is 7.25. The SMILES string of the molecule is O=C(O)CC1(CC(O)c2cc(Br)ccc2Br)CCCCC1. The molecule has 1 fully saturated rings. The highest BCUT2D eigenvalue weighted by Gasteiger charge is 2.36. The van der Waals surface area contributed by atoms with Crippen molar-refractivity contribution in [1.82, 2.24) is 0 Å². The van der Waals surface area contributed by atoms with E-state index in [1.165, 1.54) is 0 Å². The Morgan fingerprint density at radius 3 is 2.52 bits per heavy atom. The average molecular weight is 420 g/mol. The van der Waals surface area contributed by atoms with Crippen molar-refractivity contribution in [2.75, 3.05) is 0 Å². The van der Waals surface area contributed by atoms with Crippen LogP contribution in [0.15, 0.2) is 27.1 Å². The van der Waals surface area contributed by atoms with Crippen molar-refractivity contribution in [3.05, 3.63) is 32.7 Å². The first-order chi connectivity index (χ1) is 9.92. The number of halogens is 2. The van der Waals surface area contributed by atoms with Crippen LogP contribution in [0.2, 0.25) is 0 Å². The quantitative estimate of drug-likeness (QED) is 0.701. The number of aliphatic hydroxyl groups excluding tert-OH is 1. The Morgan fingerprint density at radius 2 is 1.90 bits per heavy atom. The van der Waals surface area contributed by atoms with Crippen molar-refractivity contribution in [3.63, 3.8) is 0 Å². The fourth-order valence-corrected chi connectivity index (χ4v) is 4.26. The lowest BCUT2D eigenvalue weighted by atomic mass is 9.68. The number of aliphatic carboxylic acids is 1. The maximum Gasteiger partial charge on any atom is 0.303 e. The summed E-state index contributed by atoms with van der Waals surface area (Å²) in [6.07, 6.45) is 5.07. The van der Waals surface area contributed by atoms with E-state index in [0.29, 0.717) is 6.42 Å². The lowest BCUT2D eigenvalue weighted by Gasteiger charge is -2.38. The maximum atomic E-state index is 11.2. The molecule has 2 N–H and O–H groups in total. The van der Waals surface area contributed by atoms with E-state index in [1.54, 1.807) is 0 Å². The predicted octanol–water partition coefficient (Wildman–Crippen LogP) is 5.06. The van der Waals surface area contributed by atoms with Gasteiger partial charge in [0.15, 0.2) is 0 Å². The van der Waals surface area contributed by atoms with Crippen LogP contribution in [0.1, 0.15) is 56.6 Å². The Morgan fingerprint density at radius 1 is 1.24 bits per heavy atom. The van der Waals surface area contributed by atoms with Crippen LogP contribution in [0.25, 0.3) is 0 Å². The molecule has 1 atom stereocenters. The number of rotatable bonds is 5. The second-order valence-corrected chi connectivity index (χ2v) is 7.79. The minimum absolute atomic E-state index is 0.148. The van der Waals surface area contributed by atoms with Gasteiger partial charge in [-0.05, 0) is 48.4 Å². The molecule has 2 rings (SSSR count). The van der Waals surface area contributed by atoms with E-state index in [0.717, 1.165) is 46.6 Å². The van der Waals surface area contributed by atoms with Crippen LogP contribution >= 0.6 is 31.9 Å².